The van der Waals surface area contributed by atoms with E-state index >= 15 is 0 Å². The first-order valence-corrected chi connectivity index (χ1v) is 15.3. The molecule has 1 atom stereocenters. The quantitative estimate of drug-likeness (QED) is 0.280. The summed E-state index contributed by atoms with van der Waals surface area (Å²) in [6.07, 6.45) is 6.33. The summed E-state index contributed by atoms with van der Waals surface area (Å²) in [7, 11) is 1.66. The number of ketones is 1. The second-order valence-electron chi connectivity index (χ2n) is 12.2. The third-order valence-electron chi connectivity index (χ3n) is 9.62. The number of carbonyl (C=O) groups excluding carboxylic acids is 1. The first-order valence-electron chi connectivity index (χ1n) is 15.3. The lowest BCUT2D eigenvalue weighted by Crippen LogP contribution is -2.39. The molecule has 3 aromatic rings. The number of methoxy groups -OCH3 is 1. The van der Waals surface area contributed by atoms with Crippen LogP contribution in [0.4, 0.5) is 13.2 Å². The molecule has 224 valence electrons. The highest BCUT2D eigenvalue weighted by atomic mass is 19.4. The molecule has 3 nitrogen and oxygen atoms in total. The van der Waals surface area contributed by atoms with Crippen LogP contribution in [0, 0.1) is 17.3 Å². The topological polar surface area (TPSA) is 35.5 Å². The van der Waals surface area contributed by atoms with Gasteiger partial charge in [-0.3, -0.25) is 4.79 Å². The molecule has 1 unspecified atom stereocenters. The van der Waals surface area contributed by atoms with Crippen molar-refractivity contribution in [1.29, 1.82) is 0 Å². The van der Waals surface area contributed by atoms with Gasteiger partial charge < -0.3 is 9.47 Å². The molecule has 42 heavy (non-hydrogen) atoms. The molecule has 2 aliphatic carbocycles. The lowest BCUT2D eigenvalue weighted by atomic mass is 9.59. The maximum Gasteiger partial charge on any atom is 0.573 e. The lowest BCUT2D eigenvalue weighted by Gasteiger charge is -2.44. The van der Waals surface area contributed by atoms with Gasteiger partial charge in [-0.15, -0.1) is 13.2 Å². The molecule has 5 rings (SSSR count). The van der Waals surface area contributed by atoms with Gasteiger partial charge in [-0.2, -0.15) is 0 Å². The SMILES string of the molecule is COc1ccc(CCC2C(=O)c3ccccc3CCCC23CCCC(Cc2ccccc2OC(F)(F)F)CCC3)cc1. The number of para-hydroxylation sites is 1. The number of ether oxygens (including phenoxy) is 2. The number of benzene rings is 3. The number of Topliss-reactive ketones (excluding diaryl/α,β-unsaturated/α-hetero) is 1. The molecule has 0 amide bonds. The molecule has 0 radical (unpaired) electrons. The van der Waals surface area contributed by atoms with Gasteiger partial charge in [0.25, 0.3) is 0 Å². The second-order valence-corrected chi connectivity index (χ2v) is 12.2. The molecule has 0 heterocycles. The van der Waals surface area contributed by atoms with Crippen LogP contribution in [-0.2, 0) is 19.3 Å². The monoisotopic (exact) mass is 578 g/mol. The van der Waals surface area contributed by atoms with Crippen molar-refractivity contribution < 1.29 is 27.4 Å². The molecule has 1 spiro atoms. The Labute approximate surface area is 247 Å². The van der Waals surface area contributed by atoms with Crippen LogP contribution in [0.25, 0.3) is 0 Å². The summed E-state index contributed by atoms with van der Waals surface area (Å²) in [4.78, 5) is 14.3. The summed E-state index contributed by atoms with van der Waals surface area (Å²) in [5.41, 5.74) is 3.82. The molecule has 3 aromatic carbocycles. The number of hydrogen-bond acceptors (Lipinski definition) is 3. The average Bonchev–Trinajstić information content (AvgIpc) is 2.96. The highest BCUT2D eigenvalue weighted by Gasteiger charge is 2.44. The van der Waals surface area contributed by atoms with Gasteiger partial charge in [-0.05, 0) is 97.6 Å². The largest absolute Gasteiger partial charge is 0.573 e. The first kappa shape index (κ1) is 30.2. The third kappa shape index (κ3) is 7.37. The van der Waals surface area contributed by atoms with Crippen LogP contribution >= 0.6 is 0 Å². The van der Waals surface area contributed by atoms with Crippen LogP contribution in [0.3, 0.4) is 0 Å². The highest BCUT2D eigenvalue weighted by Crippen LogP contribution is 2.50. The van der Waals surface area contributed by atoms with Crippen LogP contribution in [0.15, 0.2) is 72.8 Å². The van der Waals surface area contributed by atoms with E-state index in [1.807, 2.05) is 30.3 Å². The van der Waals surface area contributed by atoms with Crippen molar-refractivity contribution in [3.8, 4) is 11.5 Å². The molecule has 0 bridgehead atoms. The van der Waals surface area contributed by atoms with Crippen molar-refractivity contribution in [1.82, 2.24) is 0 Å². The zero-order valence-electron chi connectivity index (χ0n) is 24.4. The number of carbonyl (C=O) groups is 1. The van der Waals surface area contributed by atoms with Gasteiger partial charge in [0.15, 0.2) is 5.78 Å². The molecular weight excluding hydrogens is 537 g/mol. The Morgan fingerprint density at radius 1 is 0.857 bits per heavy atom. The minimum atomic E-state index is -4.70. The van der Waals surface area contributed by atoms with E-state index in [9.17, 15) is 18.0 Å². The van der Waals surface area contributed by atoms with E-state index in [-0.39, 0.29) is 22.9 Å². The van der Waals surface area contributed by atoms with E-state index in [1.165, 1.54) is 11.6 Å². The Hall–Kier alpha value is -3.28. The van der Waals surface area contributed by atoms with E-state index in [2.05, 4.69) is 22.9 Å². The van der Waals surface area contributed by atoms with Crippen LogP contribution in [0.2, 0.25) is 0 Å². The Morgan fingerprint density at radius 2 is 1.52 bits per heavy atom. The van der Waals surface area contributed by atoms with E-state index in [1.54, 1.807) is 25.3 Å². The van der Waals surface area contributed by atoms with Gasteiger partial charge in [0.05, 0.1) is 7.11 Å². The van der Waals surface area contributed by atoms with Gasteiger partial charge in [-0.25, -0.2) is 0 Å². The minimum Gasteiger partial charge on any atom is -0.497 e. The van der Waals surface area contributed by atoms with E-state index < -0.39 is 6.36 Å². The fourth-order valence-corrected chi connectivity index (χ4v) is 7.56. The van der Waals surface area contributed by atoms with Crippen molar-refractivity contribution in [3.05, 3.63) is 95.1 Å². The summed E-state index contributed by atoms with van der Waals surface area (Å²) >= 11 is 0. The van der Waals surface area contributed by atoms with Gasteiger partial charge >= 0.3 is 6.36 Å². The fraction of sp³-hybridized carbons (Fsp3) is 0.472. The standard InChI is InChI=1S/C36H41F3O3/c1-41-30-19-16-26(17-20-30)18-21-32-34(40)31-14-4-2-11-28(31)13-8-24-35(32)22-6-9-27(10-7-23-35)25-29-12-3-5-15-33(29)42-36(37,38)39/h2-5,11-12,14-17,19-20,27,32H,6-10,13,18,21-25H2,1H3. The van der Waals surface area contributed by atoms with Crippen molar-refractivity contribution >= 4 is 5.78 Å². The molecule has 2 aliphatic rings. The predicted molar refractivity (Wildman–Crippen MR) is 159 cm³/mol. The number of halogens is 3. The molecule has 1 fully saturated rings. The van der Waals surface area contributed by atoms with Crippen molar-refractivity contribution in [2.24, 2.45) is 17.3 Å². The molecule has 0 N–H and O–H groups in total. The van der Waals surface area contributed by atoms with Crippen LogP contribution in [-0.4, -0.2) is 19.3 Å². The molecule has 0 aliphatic heterocycles. The number of aryl methyl sites for hydroxylation is 2. The molecule has 0 aromatic heterocycles. The summed E-state index contributed by atoms with van der Waals surface area (Å²) < 4.78 is 48.6. The molecule has 6 heteroatoms. The maximum atomic E-state index is 14.3. The van der Waals surface area contributed by atoms with E-state index in [0.29, 0.717) is 17.9 Å². The van der Waals surface area contributed by atoms with Crippen molar-refractivity contribution in [2.45, 2.75) is 83.4 Å². The van der Waals surface area contributed by atoms with Crippen molar-refractivity contribution in [2.75, 3.05) is 7.11 Å². The van der Waals surface area contributed by atoms with Gasteiger partial charge in [-0.1, -0.05) is 80.3 Å². The highest BCUT2D eigenvalue weighted by molar-refractivity contribution is 5.99. The van der Waals surface area contributed by atoms with Crippen molar-refractivity contribution in [3.63, 3.8) is 0 Å². The van der Waals surface area contributed by atoms with Crippen LogP contribution in [0.5, 0.6) is 11.5 Å². The molecular formula is C36H41F3O3. The van der Waals surface area contributed by atoms with Gasteiger partial charge in [0.1, 0.15) is 11.5 Å². The number of hydrogen-bond donors (Lipinski definition) is 0. The maximum absolute atomic E-state index is 14.3. The summed E-state index contributed by atoms with van der Waals surface area (Å²) in [6, 6.07) is 22.8. The smallest absolute Gasteiger partial charge is 0.497 e. The van der Waals surface area contributed by atoms with Crippen LogP contribution in [0.1, 0.15) is 84.8 Å². The van der Waals surface area contributed by atoms with E-state index in [0.717, 1.165) is 87.5 Å². The molecule has 0 saturated heterocycles. The number of alkyl halides is 3. The summed E-state index contributed by atoms with van der Waals surface area (Å²) in [5, 5.41) is 0. The summed E-state index contributed by atoms with van der Waals surface area (Å²) in [5.74, 6) is 1.26. The zero-order chi connectivity index (χ0) is 29.6. The van der Waals surface area contributed by atoms with Crippen LogP contribution < -0.4 is 9.47 Å². The normalized spacial score (nSPS) is 23.3. The lowest BCUT2D eigenvalue weighted by molar-refractivity contribution is -0.274. The average molecular weight is 579 g/mol. The van der Waals surface area contributed by atoms with Gasteiger partial charge in [0.2, 0.25) is 0 Å². The Bertz CT molecular complexity index is 1320. The zero-order valence-corrected chi connectivity index (χ0v) is 24.4. The third-order valence-corrected chi connectivity index (χ3v) is 9.62. The Balaban J connectivity index is 1.34. The van der Waals surface area contributed by atoms with E-state index in [4.69, 9.17) is 4.74 Å². The Morgan fingerprint density at radius 3 is 2.24 bits per heavy atom. The molecule has 1 saturated carbocycles. The number of rotatable bonds is 7. The summed E-state index contributed by atoms with van der Waals surface area (Å²) in [6.45, 7) is 0. The fourth-order valence-electron chi connectivity index (χ4n) is 7.56. The predicted octanol–water partition coefficient (Wildman–Crippen LogP) is 9.56. The Kier molecular flexibility index (Phi) is 9.60. The van der Waals surface area contributed by atoms with Gasteiger partial charge in [0, 0.05) is 11.5 Å². The first-order chi connectivity index (χ1) is 20.3. The minimum absolute atomic E-state index is 0.0562. The second kappa shape index (κ2) is 13.4. The number of fused-ring (bicyclic) bond motifs is 1.